The highest BCUT2D eigenvalue weighted by atomic mass is 16.5. The Balaban J connectivity index is 1.35. The van der Waals surface area contributed by atoms with Gasteiger partial charge in [-0.05, 0) is 66.7 Å². The van der Waals surface area contributed by atoms with Crippen LogP contribution >= 0.6 is 0 Å². The van der Waals surface area contributed by atoms with Gasteiger partial charge in [-0.3, -0.25) is 4.79 Å². The Hall–Kier alpha value is -3.31. The van der Waals surface area contributed by atoms with Crippen LogP contribution in [0.1, 0.15) is 58.6 Å². The van der Waals surface area contributed by atoms with Crippen molar-refractivity contribution >= 4 is 17.2 Å². The largest absolute Gasteiger partial charge is 0.496 e. The molecule has 5 nitrogen and oxygen atoms in total. The minimum absolute atomic E-state index is 0.00949. The number of aliphatic hydroxyl groups is 1. The standard InChI is InChI=1S/C36H43NO4/c1-21-16-26-31-27(34(31,5)6)17-23(3)35(32(26)38)19-22(2)33(36(35,39)18-21)41-24(4)30-28(14-11-15-29(30)40-7)37-20-25-12-9-8-10-13-25/h8-16,19,23,26-27,31,33,37,39H,4,17-18,20H2,1-3,5-7H3/t23-,26?,27-,31+,33?,35?,36?/m1/s1. The van der Waals surface area contributed by atoms with Gasteiger partial charge in [0.05, 0.1) is 18.1 Å². The number of nitrogens with one attached hydrogen (secondary N) is 1. The minimum atomic E-state index is -1.41. The number of carbonyl (C=O) groups is 1. The number of fused-ring (bicyclic) bond motifs is 3. The summed E-state index contributed by atoms with van der Waals surface area (Å²) in [4.78, 5) is 14.6. The second-order valence-corrected chi connectivity index (χ2v) is 13.5. The minimum Gasteiger partial charge on any atom is -0.496 e. The number of Topliss-reactive ketones (excluding diaryl/α,β-unsaturated/α-hetero) is 1. The molecule has 4 aliphatic rings. The van der Waals surface area contributed by atoms with Gasteiger partial charge in [0.2, 0.25) is 0 Å². The van der Waals surface area contributed by atoms with Gasteiger partial charge < -0.3 is 19.9 Å². The molecule has 5 heteroatoms. The molecule has 0 aromatic heterocycles. The Labute approximate surface area is 244 Å². The van der Waals surface area contributed by atoms with Gasteiger partial charge in [-0.15, -0.1) is 0 Å². The first-order valence-corrected chi connectivity index (χ1v) is 14.9. The number of rotatable bonds is 7. The maximum atomic E-state index is 14.6. The molecule has 2 fully saturated rings. The number of ketones is 1. The van der Waals surface area contributed by atoms with Gasteiger partial charge in [0.25, 0.3) is 0 Å². The van der Waals surface area contributed by atoms with E-state index in [-0.39, 0.29) is 23.0 Å². The number of hydrogen-bond acceptors (Lipinski definition) is 5. The van der Waals surface area contributed by atoms with E-state index in [1.54, 1.807) is 7.11 Å². The Morgan fingerprint density at radius 3 is 2.56 bits per heavy atom. The van der Waals surface area contributed by atoms with Crippen LogP contribution in [0.5, 0.6) is 5.75 Å². The van der Waals surface area contributed by atoms with Crippen LogP contribution < -0.4 is 10.1 Å². The predicted molar refractivity (Wildman–Crippen MR) is 163 cm³/mol. The molecule has 6 rings (SSSR count). The van der Waals surface area contributed by atoms with Crippen molar-refractivity contribution in [1.29, 1.82) is 0 Å². The zero-order valence-corrected chi connectivity index (χ0v) is 25.2. The summed E-state index contributed by atoms with van der Waals surface area (Å²) < 4.78 is 12.5. The van der Waals surface area contributed by atoms with Crippen molar-refractivity contribution in [2.24, 2.45) is 34.5 Å². The molecule has 216 valence electrons. The lowest BCUT2D eigenvalue weighted by molar-refractivity contribution is -0.161. The Bertz CT molecular complexity index is 1460. The highest BCUT2D eigenvalue weighted by Crippen LogP contribution is 2.71. The van der Waals surface area contributed by atoms with Gasteiger partial charge in [-0.2, -0.15) is 0 Å². The van der Waals surface area contributed by atoms with Crippen LogP contribution in [0.15, 0.2) is 78.4 Å². The fourth-order valence-corrected chi connectivity index (χ4v) is 8.73. The Morgan fingerprint density at radius 2 is 1.85 bits per heavy atom. The molecule has 2 bridgehead atoms. The molecule has 4 aliphatic carbocycles. The van der Waals surface area contributed by atoms with Crippen molar-refractivity contribution in [3.63, 3.8) is 0 Å². The third-order valence-corrected chi connectivity index (χ3v) is 10.8. The number of benzene rings is 2. The first kappa shape index (κ1) is 27.8. The fraction of sp³-hybridized carbons (Fsp3) is 0.472. The maximum Gasteiger partial charge on any atom is 0.153 e. The van der Waals surface area contributed by atoms with Gasteiger partial charge in [0.1, 0.15) is 23.2 Å². The van der Waals surface area contributed by atoms with E-state index in [2.05, 4.69) is 63.9 Å². The number of methoxy groups -OCH3 is 1. The molecule has 2 saturated carbocycles. The quantitative estimate of drug-likeness (QED) is 0.281. The summed E-state index contributed by atoms with van der Waals surface area (Å²) in [5.41, 5.74) is 2.36. The van der Waals surface area contributed by atoms with Crippen molar-refractivity contribution in [1.82, 2.24) is 0 Å². The highest BCUT2D eigenvalue weighted by molar-refractivity contribution is 5.95. The first-order chi connectivity index (χ1) is 19.5. The van der Waals surface area contributed by atoms with Crippen LogP contribution in [-0.2, 0) is 16.1 Å². The van der Waals surface area contributed by atoms with Gasteiger partial charge >= 0.3 is 0 Å². The number of allylic oxidation sites excluding steroid dienone is 1. The fourth-order valence-electron chi connectivity index (χ4n) is 8.73. The summed E-state index contributed by atoms with van der Waals surface area (Å²) in [5, 5.41) is 16.3. The molecule has 1 spiro atoms. The van der Waals surface area contributed by atoms with Crippen molar-refractivity contribution in [3.05, 3.63) is 89.5 Å². The molecular weight excluding hydrogens is 510 g/mol. The van der Waals surface area contributed by atoms with E-state index in [0.717, 1.165) is 28.8 Å². The molecule has 0 amide bonds. The average Bonchev–Trinajstić information content (AvgIpc) is 3.45. The summed E-state index contributed by atoms with van der Waals surface area (Å²) in [5.74, 6) is 1.81. The molecule has 2 aromatic rings. The second kappa shape index (κ2) is 9.62. The second-order valence-electron chi connectivity index (χ2n) is 13.5. The highest BCUT2D eigenvalue weighted by Gasteiger charge is 2.74. The predicted octanol–water partition coefficient (Wildman–Crippen LogP) is 7.19. The van der Waals surface area contributed by atoms with Crippen molar-refractivity contribution in [2.75, 3.05) is 12.4 Å². The van der Waals surface area contributed by atoms with Crippen LogP contribution in [0.25, 0.3) is 5.76 Å². The van der Waals surface area contributed by atoms with Crippen LogP contribution in [0, 0.1) is 34.5 Å². The Kier molecular flexibility index (Phi) is 6.53. The van der Waals surface area contributed by atoms with E-state index in [9.17, 15) is 9.90 Å². The molecule has 7 atom stereocenters. The smallest absolute Gasteiger partial charge is 0.153 e. The summed E-state index contributed by atoms with van der Waals surface area (Å²) in [7, 11) is 1.63. The van der Waals surface area contributed by atoms with E-state index in [4.69, 9.17) is 9.47 Å². The van der Waals surface area contributed by atoms with Crippen LogP contribution in [0.4, 0.5) is 5.69 Å². The van der Waals surface area contributed by atoms with Gasteiger partial charge in [-0.25, -0.2) is 0 Å². The van der Waals surface area contributed by atoms with Gasteiger partial charge in [0, 0.05) is 24.6 Å². The molecule has 0 heterocycles. The van der Waals surface area contributed by atoms with Crippen molar-refractivity contribution in [2.45, 2.75) is 65.7 Å². The van der Waals surface area contributed by atoms with Gasteiger partial charge in [-0.1, -0.05) is 81.5 Å². The number of carbonyl (C=O) groups excluding carboxylic acids is 1. The molecule has 4 unspecified atom stereocenters. The monoisotopic (exact) mass is 553 g/mol. The Morgan fingerprint density at radius 1 is 1.12 bits per heavy atom. The van der Waals surface area contributed by atoms with E-state index in [1.807, 2.05) is 43.3 Å². The SMILES string of the molecule is C=C(OC1C(C)=CC23C(=O)C(C=C(C)CC12O)[C@H]1[C@@H](C[C@H]3C)C1(C)C)c1c(NCc2ccccc2)cccc1OC. The normalized spacial score (nSPS) is 34.7. The van der Waals surface area contributed by atoms with Crippen LogP contribution in [-0.4, -0.2) is 29.7 Å². The van der Waals surface area contributed by atoms with E-state index >= 15 is 0 Å². The lowest BCUT2D eigenvalue weighted by atomic mass is 9.59. The number of hydrogen-bond donors (Lipinski definition) is 2. The third kappa shape index (κ3) is 4.03. The third-order valence-electron chi connectivity index (χ3n) is 10.8. The van der Waals surface area contributed by atoms with Crippen molar-refractivity contribution in [3.8, 4) is 5.75 Å². The average molecular weight is 554 g/mol. The lowest BCUT2D eigenvalue weighted by Crippen LogP contribution is -2.59. The molecule has 41 heavy (non-hydrogen) atoms. The first-order valence-electron chi connectivity index (χ1n) is 14.9. The maximum absolute atomic E-state index is 14.6. The van der Waals surface area contributed by atoms with Crippen LogP contribution in [0.2, 0.25) is 0 Å². The summed E-state index contributed by atoms with van der Waals surface area (Å²) in [6.07, 6.45) is 4.82. The molecule has 0 aliphatic heterocycles. The molecule has 2 aromatic carbocycles. The lowest BCUT2D eigenvalue weighted by Gasteiger charge is -2.47. The van der Waals surface area contributed by atoms with E-state index < -0.39 is 17.1 Å². The summed E-state index contributed by atoms with van der Waals surface area (Å²) in [6, 6.07) is 16.0. The van der Waals surface area contributed by atoms with E-state index in [0.29, 0.717) is 41.9 Å². The molecule has 0 radical (unpaired) electrons. The zero-order valence-electron chi connectivity index (χ0n) is 25.2. The summed E-state index contributed by atoms with van der Waals surface area (Å²) in [6.45, 7) is 15.8. The number of anilines is 1. The zero-order chi connectivity index (χ0) is 29.3. The summed E-state index contributed by atoms with van der Waals surface area (Å²) >= 11 is 0. The molecule has 0 saturated heterocycles. The van der Waals surface area contributed by atoms with Gasteiger partial charge in [0.15, 0.2) is 5.78 Å². The molecule has 2 N–H and O–H groups in total. The van der Waals surface area contributed by atoms with Crippen molar-refractivity contribution < 1.29 is 19.4 Å². The number of ether oxygens (including phenoxy) is 2. The van der Waals surface area contributed by atoms with Crippen LogP contribution in [0.3, 0.4) is 0 Å². The topological polar surface area (TPSA) is 67.8 Å². The van der Waals surface area contributed by atoms with E-state index in [1.165, 1.54) is 0 Å². The molecular formula is C36H43NO4.